The first kappa shape index (κ1) is 22.5. The SMILES string of the molecule is Cc1ccc(-c2nc(SC(C)C(=O)N3c4ccccc4CC3C)[nH]c2-c2ccc(C)cc2)cc1. The van der Waals surface area contributed by atoms with E-state index in [2.05, 4.69) is 80.4 Å². The highest BCUT2D eigenvalue weighted by Gasteiger charge is 2.33. The van der Waals surface area contributed by atoms with Gasteiger partial charge in [-0.1, -0.05) is 89.6 Å². The van der Waals surface area contributed by atoms with Crippen LogP contribution in [-0.4, -0.2) is 27.2 Å². The number of nitrogens with one attached hydrogen (secondary N) is 1. The van der Waals surface area contributed by atoms with Gasteiger partial charge in [-0.25, -0.2) is 4.98 Å². The number of aromatic amines is 1. The minimum Gasteiger partial charge on any atom is -0.332 e. The molecule has 1 aromatic heterocycles. The van der Waals surface area contributed by atoms with Crippen molar-refractivity contribution in [1.82, 2.24) is 9.97 Å². The van der Waals surface area contributed by atoms with E-state index in [9.17, 15) is 4.79 Å². The number of para-hydroxylation sites is 1. The number of hydrogen-bond acceptors (Lipinski definition) is 3. The van der Waals surface area contributed by atoms with Gasteiger partial charge in [0.1, 0.15) is 0 Å². The van der Waals surface area contributed by atoms with Gasteiger partial charge in [-0.3, -0.25) is 4.79 Å². The van der Waals surface area contributed by atoms with Crippen LogP contribution in [0.2, 0.25) is 0 Å². The number of anilines is 1. The highest BCUT2D eigenvalue weighted by atomic mass is 32.2. The number of benzene rings is 3. The predicted octanol–water partition coefficient (Wildman–Crippen LogP) is 6.82. The summed E-state index contributed by atoms with van der Waals surface area (Å²) >= 11 is 1.49. The number of imidazole rings is 1. The van der Waals surface area contributed by atoms with Crippen molar-refractivity contribution in [3.63, 3.8) is 0 Å². The number of fused-ring (bicyclic) bond motifs is 1. The first-order chi connectivity index (χ1) is 16.4. The van der Waals surface area contributed by atoms with Gasteiger partial charge in [0, 0.05) is 22.9 Å². The number of H-pyrrole nitrogens is 1. The van der Waals surface area contributed by atoms with Crippen molar-refractivity contribution >= 4 is 23.4 Å². The Kier molecular flexibility index (Phi) is 6.05. The number of carbonyl (C=O) groups excluding carboxylic acids is 1. The summed E-state index contributed by atoms with van der Waals surface area (Å²) in [7, 11) is 0. The quantitative estimate of drug-likeness (QED) is 0.328. The van der Waals surface area contributed by atoms with Gasteiger partial charge in [-0.2, -0.15) is 0 Å². The molecule has 4 aromatic rings. The van der Waals surface area contributed by atoms with Crippen molar-refractivity contribution in [3.8, 4) is 22.5 Å². The Morgan fingerprint density at radius 3 is 2.26 bits per heavy atom. The number of aromatic nitrogens is 2. The fourth-order valence-electron chi connectivity index (χ4n) is 4.57. The number of hydrogen-bond donors (Lipinski definition) is 1. The van der Waals surface area contributed by atoms with Crippen LogP contribution in [0.25, 0.3) is 22.5 Å². The van der Waals surface area contributed by atoms with Gasteiger partial charge < -0.3 is 9.88 Å². The molecule has 0 spiro atoms. The Balaban J connectivity index is 1.46. The molecule has 5 heteroatoms. The first-order valence-corrected chi connectivity index (χ1v) is 12.6. The van der Waals surface area contributed by atoms with E-state index < -0.39 is 0 Å². The summed E-state index contributed by atoms with van der Waals surface area (Å²) in [6.45, 7) is 8.26. The number of thioether (sulfide) groups is 1. The van der Waals surface area contributed by atoms with Gasteiger partial charge in [0.15, 0.2) is 5.16 Å². The van der Waals surface area contributed by atoms with E-state index in [0.29, 0.717) is 0 Å². The van der Waals surface area contributed by atoms with Gasteiger partial charge in [-0.15, -0.1) is 0 Å². The van der Waals surface area contributed by atoms with Crippen LogP contribution in [-0.2, 0) is 11.2 Å². The van der Waals surface area contributed by atoms with Gasteiger partial charge in [0.25, 0.3) is 0 Å². The Hall–Kier alpha value is -3.31. The molecule has 1 N–H and O–H groups in total. The maximum absolute atomic E-state index is 13.5. The molecule has 2 unspecified atom stereocenters. The molecule has 0 saturated carbocycles. The lowest BCUT2D eigenvalue weighted by Gasteiger charge is -2.25. The minimum atomic E-state index is -0.267. The lowest BCUT2D eigenvalue weighted by Crippen LogP contribution is -2.40. The minimum absolute atomic E-state index is 0.118. The Morgan fingerprint density at radius 2 is 1.59 bits per heavy atom. The van der Waals surface area contributed by atoms with E-state index in [-0.39, 0.29) is 17.2 Å². The normalized spacial score (nSPS) is 15.9. The standard InChI is InChI=1S/C29H29N3OS/c1-18-9-13-22(14-10-18)26-27(23-15-11-19(2)12-16-23)31-29(30-26)34-21(4)28(33)32-20(3)17-24-7-5-6-8-25(24)32/h5-16,20-21H,17H2,1-4H3,(H,30,31). The van der Waals surface area contributed by atoms with E-state index >= 15 is 0 Å². The van der Waals surface area contributed by atoms with Crippen LogP contribution in [0.4, 0.5) is 5.69 Å². The third-order valence-corrected chi connectivity index (χ3v) is 7.40. The molecule has 34 heavy (non-hydrogen) atoms. The molecule has 0 saturated heterocycles. The molecule has 3 aromatic carbocycles. The Bertz CT molecular complexity index is 1260. The molecule has 0 aliphatic carbocycles. The number of nitrogens with zero attached hydrogens (tertiary/aromatic N) is 2. The molecular weight excluding hydrogens is 438 g/mol. The zero-order valence-electron chi connectivity index (χ0n) is 20.0. The zero-order chi connectivity index (χ0) is 23.8. The molecule has 0 bridgehead atoms. The molecule has 1 aliphatic rings. The van der Waals surface area contributed by atoms with Crippen molar-refractivity contribution in [1.29, 1.82) is 0 Å². The van der Waals surface area contributed by atoms with E-state index in [4.69, 9.17) is 4.98 Å². The molecule has 1 amide bonds. The summed E-state index contributed by atoms with van der Waals surface area (Å²) in [6.07, 6.45) is 0.898. The summed E-state index contributed by atoms with van der Waals surface area (Å²) in [5.74, 6) is 0.118. The van der Waals surface area contributed by atoms with Crippen molar-refractivity contribution in [3.05, 3.63) is 89.5 Å². The number of aryl methyl sites for hydroxylation is 2. The maximum Gasteiger partial charge on any atom is 0.240 e. The molecule has 172 valence electrons. The van der Waals surface area contributed by atoms with E-state index in [0.717, 1.165) is 39.8 Å². The molecular formula is C29H29N3OS. The van der Waals surface area contributed by atoms with Crippen LogP contribution in [0, 0.1) is 13.8 Å². The average molecular weight is 468 g/mol. The second-order valence-corrected chi connectivity index (χ2v) is 10.5. The van der Waals surface area contributed by atoms with E-state index in [1.54, 1.807) is 0 Å². The molecule has 0 radical (unpaired) electrons. The Labute approximate surface area is 205 Å². The highest BCUT2D eigenvalue weighted by molar-refractivity contribution is 8.00. The van der Waals surface area contributed by atoms with Crippen molar-refractivity contribution in [2.75, 3.05) is 4.90 Å². The van der Waals surface area contributed by atoms with Crippen LogP contribution in [0.1, 0.15) is 30.5 Å². The average Bonchev–Trinajstić information content (AvgIpc) is 3.39. The largest absolute Gasteiger partial charge is 0.332 e. The number of amides is 1. The fourth-order valence-corrected chi connectivity index (χ4v) is 5.43. The summed E-state index contributed by atoms with van der Waals surface area (Å²) in [5.41, 5.74) is 8.73. The molecule has 5 rings (SSSR count). The van der Waals surface area contributed by atoms with E-state index in [1.165, 1.54) is 28.5 Å². The Morgan fingerprint density at radius 1 is 0.971 bits per heavy atom. The fraction of sp³-hybridized carbons (Fsp3) is 0.241. The summed E-state index contributed by atoms with van der Waals surface area (Å²) in [5, 5.41) is 0.489. The topological polar surface area (TPSA) is 49.0 Å². The van der Waals surface area contributed by atoms with Crippen LogP contribution in [0.5, 0.6) is 0 Å². The van der Waals surface area contributed by atoms with Crippen LogP contribution in [0.15, 0.2) is 78.0 Å². The van der Waals surface area contributed by atoms with Gasteiger partial charge >= 0.3 is 0 Å². The number of rotatable bonds is 5. The lowest BCUT2D eigenvalue weighted by molar-refractivity contribution is -0.118. The van der Waals surface area contributed by atoms with Gasteiger partial charge in [-0.05, 0) is 45.7 Å². The van der Waals surface area contributed by atoms with Crippen molar-refractivity contribution in [2.24, 2.45) is 0 Å². The predicted molar refractivity (Wildman–Crippen MR) is 141 cm³/mol. The molecule has 2 atom stereocenters. The first-order valence-electron chi connectivity index (χ1n) is 11.7. The molecule has 0 fully saturated rings. The third-order valence-electron chi connectivity index (χ3n) is 6.43. The zero-order valence-corrected chi connectivity index (χ0v) is 20.8. The molecule has 4 nitrogen and oxygen atoms in total. The second kappa shape index (κ2) is 9.15. The summed E-state index contributed by atoms with van der Waals surface area (Å²) < 4.78 is 0. The second-order valence-electron chi connectivity index (χ2n) is 9.15. The van der Waals surface area contributed by atoms with Crippen LogP contribution in [0.3, 0.4) is 0 Å². The lowest BCUT2D eigenvalue weighted by atomic mass is 10.0. The van der Waals surface area contributed by atoms with E-state index in [1.807, 2.05) is 30.0 Å². The van der Waals surface area contributed by atoms with Gasteiger partial charge in [0.05, 0.1) is 16.6 Å². The maximum atomic E-state index is 13.5. The summed E-state index contributed by atoms with van der Waals surface area (Å²) in [4.78, 5) is 23.9. The third kappa shape index (κ3) is 4.28. The van der Waals surface area contributed by atoms with Crippen LogP contribution >= 0.6 is 11.8 Å². The highest BCUT2D eigenvalue weighted by Crippen LogP contribution is 2.37. The van der Waals surface area contributed by atoms with Crippen LogP contribution < -0.4 is 4.90 Å². The summed E-state index contributed by atoms with van der Waals surface area (Å²) in [6, 6.07) is 25.3. The number of carbonyl (C=O) groups is 1. The molecule has 1 aliphatic heterocycles. The van der Waals surface area contributed by atoms with Gasteiger partial charge in [0.2, 0.25) is 5.91 Å². The van der Waals surface area contributed by atoms with Crippen molar-refractivity contribution < 1.29 is 4.79 Å². The monoisotopic (exact) mass is 467 g/mol. The smallest absolute Gasteiger partial charge is 0.240 e. The molecule has 2 heterocycles. The van der Waals surface area contributed by atoms with Crippen molar-refractivity contribution in [2.45, 2.75) is 50.6 Å².